The van der Waals surface area contributed by atoms with Gasteiger partial charge in [0.05, 0.1) is 18.0 Å². The molecule has 10 heteroatoms. The highest BCUT2D eigenvalue weighted by molar-refractivity contribution is 5.94. The van der Waals surface area contributed by atoms with Crippen LogP contribution in [0, 0.1) is 34.0 Å². The summed E-state index contributed by atoms with van der Waals surface area (Å²) in [5.74, 6) is -0.805. The van der Waals surface area contributed by atoms with E-state index < -0.39 is 23.5 Å². The summed E-state index contributed by atoms with van der Waals surface area (Å²) in [5.41, 5.74) is 0.552. The molecule has 36 heavy (non-hydrogen) atoms. The smallest absolute Gasteiger partial charge is 0.246 e. The molecular formula is C26H33N7O3. The summed E-state index contributed by atoms with van der Waals surface area (Å²) in [6.07, 6.45) is 6.56. The lowest BCUT2D eigenvalue weighted by atomic mass is 9.85. The minimum atomic E-state index is -0.952. The van der Waals surface area contributed by atoms with E-state index in [-0.39, 0.29) is 35.0 Å². The molecule has 0 radical (unpaired) electrons. The van der Waals surface area contributed by atoms with Crippen molar-refractivity contribution in [1.29, 1.82) is 5.26 Å². The molecule has 4 unspecified atom stereocenters. The Morgan fingerprint density at radius 3 is 2.53 bits per heavy atom. The monoisotopic (exact) mass is 491 g/mol. The second-order valence-corrected chi connectivity index (χ2v) is 11.4. The number of hydrogen-bond acceptors (Lipinski definition) is 6. The van der Waals surface area contributed by atoms with Crippen LogP contribution in [0.15, 0.2) is 36.9 Å². The van der Waals surface area contributed by atoms with Crippen molar-refractivity contribution in [3.8, 4) is 11.8 Å². The third-order valence-electron chi connectivity index (χ3n) is 7.48. The Balaban J connectivity index is 1.59. The summed E-state index contributed by atoms with van der Waals surface area (Å²) in [6.45, 7) is 11.7. The molecule has 4 rings (SSSR count). The maximum Gasteiger partial charge on any atom is 0.246 e. The number of piperidine rings is 1. The number of pyridine rings is 1. The van der Waals surface area contributed by atoms with Crippen molar-refractivity contribution in [1.82, 2.24) is 30.3 Å². The van der Waals surface area contributed by atoms with Gasteiger partial charge in [0.15, 0.2) is 0 Å². The van der Waals surface area contributed by atoms with Crippen molar-refractivity contribution in [2.75, 3.05) is 6.54 Å². The highest BCUT2D eigenvalue weighted by Crippen LogP contribution is 2.65. The fourth-order valence-corrected chi connectivity index (χ4v) is 5.40. The van der Waals surface area contributed by atoms with Crippen molar-refractivity contribution in [2.45, 2.75) is 59.7 Å². The van der Waals surface area contributed by atoms with E-state index in [0.717, 1.165) is 0 Å². The molecule has 0 aromatic carbocycles. The minimum absolute atomic E-state index is 0.0210. The van der Waals surface area contributed by atoms with E-state index >= 15 is 0 Å². The summed E-state index contributed by atoms with van der Waals surface area (Å²) in [5, 5.41) is 19.7. The van der Waals surface area contributed by atoms with Crippen LogP contribution in [0.3, 0.4) is 0 Å². The molecule has 1 aliphatic heterocycles. The lowest BCUT2D eigenvalue weighted by Gasteiger charge is -2.37. The van der Waals surface area contributed by atoms with Gasteiger partial charge in [0.1, 0.15) is 18.1 Å². The molecule has 1 saturated heterocycles. The van der Waals surface area contributed by atoms with Gasteiger partial charge in [-0.25, -0.2) is 4.68 Å². The predicted octanol–water partition coefficient (Wildman–Crippen LogP) is 1.98. The van der Waals surface area contributed by atoms with E-state index in [1.165, 1.54) is 13.1 Å². The van der Waals surface area contributed by atoms with Gasteiger partial charge in [-0.3, -0.25) is 19.4 Å². The molecule has 0 bridgehead atoms. The zero-order valence-corrected chi connectivity index (χ0v) is 21.5. The van der Waals surface area contributed by atoms with Crippen LogP contribution in [-0.2, 0) is 14.4 Å². The molecule has 2 aliphatic rings. The zero-order valence-electron chi connectivity index (χ0n) is 21.5. The Labute approximate surface area is 211 Å². The van der Waals surface area contributed by atoms with Crippen LogP contribution in [0.1, 0.15) is 53.1 Å². The Morgan fingerprint density at radius 1 is 1.22 bits per heavy atom. The number of fused-ring (bicyclic) bond motifs is 1. The number of nitrogens with zero attached hydrogens (tertiary/aromatic N) is 5. The third kappa shape index (κ3) is 4.57. The molecule has 10 nitrogen and oxygen atoms in total. The largest absolute Gasteiger partial charge is 0.344 e. The number of nitriles is 1. The van der Waals surface area contributed by atoms with Crippen molar-refractivity contribution in [3.63, 3.8) is 0 Å². The minimum Gasteiger partial charge on any atom is -0.344 e. The summed E-state index contributed by atoms with van der Waals surface area (Å²) in [6, 6.07) is 3.23. The molecule has 2 fully saturated rings. The van der Waals surface area contributed by atoms with E-state index in [9.17, 15) is 19.6 Å². The molecule has 2 aromatic heterocycles. The summed E-state index contributed by atoms with van der Waals surface area (Å²) in [4.78, 5) is 45.0. The first-order valence-corrected chi connectivity index (χ1v) is 12.1. The van der Waals surface area contributed by atoms with Gasteiger partial charge in [0, 0.05) is 37.6 Å². The number of aromatic nitrogens is 3. The van der Waals surface area contributed by atoms with Crippen LogP contribution in [0.2, 0.25) is 0 Å². The first-order chi connectivity index (χ1) is 16.9. The van der Waals surface area contributed by atoms with Gasteiger partial charge >= 0.3 is 0 Å². The molecule has 3 amide bonds. The fourth-order valence-electron chi connectivity index (χ4n) is 5.40. The SMILES string of the molecule is CC(=O)NC(C(=O)N1CC2C([C@H]1C(=O)NC(C#N)c1cncc(-n3cccn3)c1)C2(C)C)C(C)(C)C. The van der Waals surface area contributed by atoms with Crippen LogP contribution < -0.4 is 10.6 Å². The average Bonchev–Trinajstić information content (AvgIpc) is 3.27. The van der Waals surface area contributed by atoms with Crippen molar-refractivity contribution >= 4 is 17.7 Å². The predicted molar refractivity (Wildman–Crippen MR) is 131 cm³/mol. The van der Waals surface area contributed by atoms with Crippen LogP contribution in [0.25, 0.3) is 5.69 Å². The second kappa shape index (κ2) is 9.04. The maximum atomic E-state index is 13.7. The van der Waals surface area contributed by atoms with E-state index in [1.807, 2.05) is 20.8 Å². The lowest BCUT2D eigenvalue weighted by molar-refractivity contribution is -0.145. The van der Waals surface area contributed by atoms with Gasteiger partial charge in [-0.15, -0.1) is 0 Å². The summed E-state index contributed by atoms with van der Waals surface area (Å²) >= 11 is 0. The Hall–Kier alpha value is -3.74. The van der Waals surface area contributed by atoms with E-state index in [2.05, 4.69) is 40.6 Å². The molecule has 2 N–H and O–H groups in total. The van der Waals surface area contributed by atoms with Gasteiger partial charge < -0.3 is 15.5 Å². The van der Waals surface area contributed by atoms with E-state index in [1.54, 1.807) is 40.3 Å². The number of nitrogens with one attached hydrogen (secondary N) is 2. The number of hydrogen-bond donors (Lipinski definition) is 2. The van der Waals surface area contributed by atoms with Gasteiger partial charge in [-0.05, 0) is 34.8 Å². The highest BCUT2D eigenvalue weighted by atomic mass is 16.2. The fraction of sp³-hybridized carbons (Fsp3) is 0.538. The first kappa shape index (κ1) is 25.4. The standard InChI is InChI=1S/C26H33N7O3/c1-15(34)30-22(25(2,3)4)24(36)32-14-18-20(26(18,5)6)21(32)23(35)31-19(11-27)16-10-17(13-28-12-16)33-9-7-8-29-33/h7-10,12-13,18-22H,14H2,1-6H3,(H,30,34)(H,31,35)/t18?,19?,20?,21-,22?/m0/s1. The zero-order chi connectivity index (χ0) is 26.4. The highest BCUT2D eigenvalue weighted by Gasteiger charge is 2.69. The number of carbonyl (C=O) groups is 3. The number of rotatable bonds is 6. The average molecular weight is 492 g/mol. The van der Waals surface area contributed by atoms with E-state index in [4.69, 9.17) is 0 Å². The quantitative estimate of drug-likeness (QED) is 0.635. The van der Waals surface area contributed by atoms with Crippen LogP contribution >= 0.6 is 0 Å². The van der Waals surface area contributed by atoms with Crippen LogP contribution in [-0.4, -0.2) is 56.0 Å². The Kier molecular flexibility index (Phi) is 6.37. The number of likely N-dealkylation sites (tertiary alicyclic amines) is 1. The van der Waals surface area contributed by atoms with Gasteiger partial charge in [0.2, 0.25) is 17.7 Å². The van der Waals surface area contributed by atoms with Crippen LogP contribution in [0.4, 0.5) is 0 Å². The summed E-state index contributed by atoms with van der Waals surface area (Å²) in [7, 11) is 0. The lowest BCUT2D eigenvalue weighted by Crippen LogP contribution is -2.59. The van der Waals surface area contributed by atoms with Gasteiger partial charge in [-0.2, -0.15) is 10.4 Å². The van der Waals surface area contributed by atoms with Crippen LogP contribution in [0.5, 0.6) is 0 Å². The van der Waals surface area contributed by atoms with E-state index in [0.29, 0.717) is 17.8 Å². The van der Waals surface area contributed by atoms with Gasteiger partial charge in [0.25, 0.3) is 0 Å². The molecule has 190 valence electrons. The maximum absolute atomic E-state index is 13.7. The topological polar surface area (TPSA) is 133 Å². The van der Waals surface area contributed by atoms with Crippen molar-refractivity contribution in [3.05, 3.63) is 42.5 Å². The molecule has 5 atom stereocenters. The van der Waals surface area contributed by atoms with Gasteiger partial charge in [-0.1, -0.05) is 34.6 Å². The molecule has 3 heterocycles. The molecular weight excluding hydrogens is 458 g/mol. The summed E-state index contributed by atoms with van der Waals surface area (Å²) < 4.78 is 1.62. The molecule has 1 aliphatic carbocycles. The number of carbonyl (C=O) groups excluding carboxylic acids is 3. The normalized spacial score (nSPS) is 23.7. The van der Waals surface area contributed by atoms with Crippen molar-refractivity contribution < 1.29 is 14.4 Å². The Bertz CT molecular complexity index is 1210. The molecule has 1 saturated carbocycles. The Morgan fingerprint density at radius 2 is 1.94 bits per heavy atom. The molecule has 0 spiro atoms. The first-order valence-electron chi connectivity index (χ1n) is 12.1. The third-order valence-corrected chi connectivity index (χ3v) is 7.48. The number of amides is 3. The molecule has 2 aromatic rings. The van der Waals surface area contributed by atoms with Crippen molar-refractivity contribution in [2.24, 2.45) is 22.7 Å². The second-order valence-electron chi connectivity index (χ2n) is 11.4.